The fraction of sp³-hybridized carbons (Fsp3) is 0.294. The first-order valence-electron chi connectivity index (χ1n) is 7.04. The molecule has 1 atom stereocenters. The fourth-order valence-electron chi connectivity index (χ4n) is 2.00. The Labute approximate surface area is 139 Å². The molecule has 2 rings (SSSR count). The van der Waals surface area contributed by atoms with E-state index in [1.165, 1.54) is 5.56 Å². The van der Waals surface area contributed by atoms with Crippen LogP contribution in [-0.2, 0) is 0 Å². The van der Waals surface area contributed by atoms with Crippen molar-refractivity contribution in [1.29, 1.82) is 0 Å². The van der Waals surface area contributed by atoms with Crippen LogP contribution < -0.4 is 10.1 Å². The normalized spacial score (nSPS) is 12.0. The summed E-state index contributed by atoms with van der Waals surface area (Å²) >= 11 is 9.48. The number of anilines is 1. The smallest absolute Gasteiger partial charge is 0.119 e. The summed E-state index contributed by atoms with van der Waals surface area (Å²) in [5.74, 6) is 0.917. The minimum Gasteiger partial charge on any atom is -0.494 e. The van der Waals surface area contributed by atoms with Crippen LogP contribution in [0.4, 0.5) is 5.69 Å². The molecular weight excluding hydrogens is 350 g/mol. The van der Waals surface area contributed by atoms with Crippen molar-refractivity contribution in [2.24, 2.45) is 0 Å². The van der Waals surface area contributed by atoms with Gasteiger partial charge in [-0.2, -0.15) is 0 Å². The van der Waals surface area contributed by atoms with Gasteiger partial charge in [-0.15, -0.1) is 0 Å². The molecule has 0 radical (unpaired) electrons. The van der Waals surface area contributed by atoms with Crippen LogP contribution in [0.1, 0.15) is 31.9 Å². The number of halogens is 2. The van der Waals surface area contributed by atoms with Crippen LogP contribution in [0.15, 0.2) is 46.9 Å². The molecule has 0 spiro atoms. The van der Waals surface area contributed by atoms with Crippen molar-refractivity contribution in [2.45, 2.75) is 26.3 Å². The minimum absolute atomic E-state index is 0.197. The van der Waals surface area contributed by atoms with Crippen molar-refractivity contribution in [3.8, 4) is 5.75 Å². The van der Waals surface area contributed by atoms with E-state index in [1.807, 2.05) is 30.3 Å². The molecule has 0 aromatic heterocycles. The molecule has 0 bridgehead atoms. The zero-order valence-corrected chi connectivity index (χ0v) is 14.5. The van der Waals surface area contributed by atoms with Gasteiger partial charge in [0.25, 0.3) is 0 Å². The van der Waals surface area contributed by atoms with Crippen LogP contribution in [-0.4, -0.2) is 6.61 Å². The van der Waals surface area contributed by atoms with Gasteiger partial charge in [-0.1, -0.05) is 30.7 Å². The highest BCUT2D eigenvalue weighted by atomic mass is 79.9. The summed E-state index contributed by atoms with van der Waals surface area (Å²) in [5.41, 5.74) is 2.24. The van der Waals surface area contributed by atoms with Crippen LogP contribution in [0.3, 0.4) is 0 Å². The van der Waals surface area contributed by atoms with E-state index in [9.17, 15) is 0 Å². The van der Waals surface area contributed by atoms with Gasteiger partial charge in [0, 0.05) is 21.2 Å². The predicted molar refractivity (Wildman–Crippen MR) is 93.4 cm³/mol. The Morgan fingerprint density at radius 3 is 2.52 bits per heavy atom. The molecule has 112 valence electrons. The van der Waals surface area contributed by atoms with Crippen LogP contribution in [0, 0.1) is 0 Å². The van der Waals surface area contributed by atoms with Crippen LogP contribution in [0.2, 0.25) is 5.02 Å². The summed E-state index contributed by atoms with van der Waals surface area (Å²) in [4.78, 5) is 0. The van der Waals surface area contributed by atoms with Crippen molar-refractivity contribution < 1.29 is 4.74 Å². The molecule has 0 aliphatic heterocycles. The number of hydrogen-bond acceptors (Lipinski definition) is 2. The molecule has 0 aliphatic rings. The molecule has 2 nitrogen and oxygen atoms in total. The van der Waals surface area contributed by atoms with E-state index in [1.54, 1.807) is 0 Å². The first kappa shape index (κ1) is 16.2. The van der Waals surface area contributed by atoms with Gasteiger partial charge in [0.15, 0.2) is 0 Å². The van der Waals surface area contributed by atoms with Gasteiger partial charge in [-0.25, -0.2) is 0 Å². The molecular formula is C17H19BrClNO. The fourth-order valence-corrected chi connectivity index (χ4v) is 2.79. The lowest BCUT2D eigenvalue weighted by molar-refractivity contribution is 0.317. The molecule has 2 aromatic carbocycles. The number of nitrogens with one attached hydrogen (secondary N) is 1. The van der Waals surface area contributed by atoms with Crippen LogP contribution in [0.5, 0.6) is 5.75 Å². The molecule has 0 saturated heterocycles. The summed E-state index contributed by atoms with van der Waals surface area (Å²) < 4.78 is 6.56. The maximum absolute atomic E-state index is 5.96. The molecule has 4 heteroatoms. The average Bonchev–Trinajstić information content (AvgIpc) is 2.48. The van der Waals surface area contributed by atoms with Crippen molar-refractivity contribution in [3.05, 3.63) is 57.5 Å². The first-order valence-corrected chi connectivity index (χ1v) is 8.21. The molecule has 1 N–H and O–H groups in total. The summed E-state index contributed by atoms with van der Waals surface area (Å²) in [6, 6.07) is 14.1. The van der Waals surface area contributed by atoms with Crippen molar-refractivity contribution in [1.82, 2.24) is 0 Å². The van der Waals surface area contributed by atoms with E-state index in [0.29, 0.717) is 0 Å². The molecule has 2 aromatic rings. The molecule has 0 heterocycles. The van der Waals surface area contributed by atoms with Crippen molar-refractivity contribution in [3.63, 3.8) is 0 Å². The van der Waals surface area contributed by atoms with E-state index >= 15 is 0 Å². The molecule has 0 aliphatic carbocycles. The lowest BCUT2D eigenvalue weighted by atomic mass is 10.1. The Balaban J connectivity index is 2.04. The molecule has 0 amide bonds. The van der Waals surface area contributed by atoms with E-state index < -0.39 is 0 Å². The van der Waals surface area contributed by atoms with Gasteiger partial charge in [0.1, 0.15) is 5.75 Å². The Kier molecular flexibility index (Phi) is 5.95. The highest BCUT2D eigenvalue weighted by Gasteiger charge is 2.08. The van der Waals surface area contributed by atoms with E-state index in [2.05, 4.69) is 47.2 Å². The van der Waals surface area contributed by atoms with Crippen LogP contribution in [0.25, 0.3) is 0 Å². The highest BCUT2D eigenvalue weighted by Crippen LogP contribution is 2.29. The van der Waals surface area contributed by atoms with E-state index in [-0.39, 0.29) is 6.04 Å². The summed E-state index contributed by atoms with van der Waals surface area (Å²) in [5, 5.41) is 4.19. The van der Waals surface area contributed by atoms with Gasteiger partial charge in [-0.05, 0) is 65.2 Å². The average molecular weight is 369 g/mol. The summed E-state index contributed by atoms with van der Waals surface area (Å²) in [6.07, 6.45) is 1.02. The molecule has 0 fully saturated rings. The molecule has 0 saturated carbocycles. The third-order valence-electron chi connectivity index (χ3n) is 3.16. The van der Waals surface area contributed by atoms with E-state index in [0.717, 1.165) is 34.0 Å². The minimum atomic E-state index is 0.197. The zero-order chi connectivity index (χ0) is 15.2. The second kappa shape index (κ2) is 7.71. The topological polar surface area (TPSA) is 21.3 Å². The maximum atomic E-state index is 5.96. The Bertz CT molecular complexity index is 586. The zero-order valence-electron chi connectivity index (χ0n) is 12.2. The number of rotatable bonds is 6. The van der Waals surface area contributed by atoms with Crippen molar-refractivity contribution >= 4 is 33.2 Å². The first-order chi connectivity index (χ1) is 10.1. The van der Waals surface area contributed by atoms with Crippen molar-refractivity contribution in [2.75, 3.05) is 11.9 Å². The third-order valence-corrected chi connectivity index (χ3v) is 4.05. The lowest BCUT2D eigenvalue weighted by Crippen LogP contribution is -2.07. The second-order valence-electron chi connectivity index (χ2n) is 4.91. The Morgan fingerprint density at radius 1 is 1.19 bits per heavy atom. The third kappa shape index (κ3) is 4.65. The SMILES string of the molecule is CCCOc1ccc(C(C)Nc2ccc(Cl)cc2Br)cc1. The summed E-state index contributed by atoms with van der Waals surface area (Å²) in [7, 11) is 0. The predicted octanol–water partition coefficient (Wildman–Crippen LogP) is 6.06. The number of hydrogen-bond donors (Lipinski definition) is 1. The van der Waals surface area contributed by atoms with Gasteiger partial charge in [-0.3, -0.25) is 0 Å². The van der Waals surface area contributed by atoms with Gasteiger partial charge in [0.2, 0.25) is 0 Å². The van der Waals surface area contributed by atoms with Gasteiger partial charge >= 0.3 is 0 Å². The maximum Gasteiger partial charge on any atom is 0.119 e. The number of benzene rings is 2. The Hall–Kier alpha value is -1.19. The van der Waals surface area contributed by atoms with Gasteiger partial charge < -0.3 is 10.1 Å². The van der Waals surface area contributed by atoms with Gasteiger partial charge in [0.05, 0.1) is 6.61 Å². The summed E-state index contributed by atoms with van der Waals surface area (Å²) in [6.45, 7) is 4.98. The van der Waals surface area contributed by atoms with E-state index in [4.69, 9.17) is 16.3 Å². The number of ether oxygens (including phenoxy) is 1. The highest BCUT2D eigenvalue weighted by molar-refractivity contribution is 9.10. The largest absolute Gasteiger partial charge is 0.494 e. The van der Waals surface area contributed by atoms with Crippen LogP contribution >= 0.6 is 27.5 Å². The molecule has 1 unspecified atom stereocenters. The quantitative estimate of drug-likeness (QED) is 0.668. The lowest BCUT2D eigenvalue weighted by Gasteiger charge is -2.17. The molecule has 21 heavy (non-hydrogen) atoms. The monoisotopic (exact) mass is 367 g/mol. The Morgan fingerprint density at radius 2 is 1.90 bits per heavy atom. The standard InChI is InChI=1S/C17H19BrClNO/c1-3-10-21-15-7-4-13(5-8-15)12(2)20-17-9-6-14(19)11-16(17)18/h4-9,11-12,20H,3,10H2,1-2H3. The second-order valence-corrected chi connectivity index (χ2v) is 6.20.